The summed E-state index contributed by atoms with van der Waals surface area (Å²) in [5.41, 5.74) is 1.44. The van der Waals surface area contributed by atoms with Crippen LogP contribution in [-0.2, 0) is 0 Å². The number of hydrogen-bond acceptors (Lipinski definition) is 1. The first-order valence-electron chi connectivity index (χ1n) is 2.92. The zero-order valence-corrected chi connectivity index (χ0v) is 7.71. The minimum absolute atomic E-state index is 0.663. The van der Waals surface area contributed by atoms with Crippen LogP contribution < -0.4 is 0 Å². The normalized spacial score (nSPS) is 13.6. The van der Waals surface area contributed by atoms with Gasteiger partial charge in [-0.05, 0) is 28.3 Å². The van der Waals surface area contributed by atoms with Gasteiger partial charge in [0.05, 0.1) is 0 Å². The Hall–Kier alpha value is 0.180. The van der Waals surface area contributed by atoms with E-state index in [0.717, 1.165) is 5.33 Å². The third kappa shape index (κ3) is 1.80. The Bertz CT molecular complexity index is 157. The van der Waals surface area contributed by atoms with Crippen LogP contribution in [0.1, 0.15) is 18.4 Å². The summed E-state index contributed by atoms with van der Waals surface area (Å²) in [4.78, 5) is 0. The fraction of sp³-hybridized carbons (Fsp3) is 0.429. The van der Waals surface area contributed by atoms with Gasteiger partial charge in [0, 0.05) is 5.33 Å². The van der Waals surface area contributed by atoms with Crippen LogP contribution in [-0.4, -0.2) is 5.33 Å². The van der Waals surface area contributed by atoms with Crippen LogP contribution in [0.4, 0.5) is 0 Å². The fourth-order valence-electron chi connectivity index (χ4n) is 0.644. The van der Waals surface area contributed by atoms with Crippen molar-refractivity contribution in [3.8, 4) is 0 Å². The molecular weight excluding hydrogens is 196 g/mol. The van der Waals surface area contributed by atoms with Gasteiger partial charge in [-0.15, -0.1) is 0 Å². The van der Waals surface area contributed by atoms with Gasteiger partial charge in [0.1, 0.15) is 0 Å². The van der Waals surface area contributed by atoms with Gasteiger partial charge in [-0.1, -0.05) is 22.9 Å². The number of halogens is 1. The topological polar surface area (TPSA) is 0 Å². The minimum Gasteiger partial charge on any atom is -0.152 e. The lowest BCUT2D eigenvalue weighted by atomic mass is 10.1. The second kappa shape index (κ2) is 3.37. The van der Waals surface area contributed by atoms with E-state index < -0.39 is 0 Å². The van der Waals surface area contributed by atoms with Crippen LogP contribution in [0.25, 0.3) is 0 Å². The zero-order valence-electron chi connectivity index (χ0n) is 5.30. The molecule has 0 saturated heterocycles. The van der Waals surface area contributed by atoms with Gasteiger partial charge in [0.15, 0.2) is 0 Å². The molecule has 1 aromatic heterocycles. The van der Waals surface area contributed by atoms with E-state index in [1.807, 2.05) is 0 Å². The van der Waals surface area contributed by atoms with Crippen LogP contribution in [0, 0.1) is 0 Å². The van der Waals surface area contributed by atoms with Crippen LogP contribution in [0.15, 0.2) is 16.8 Å². The monoisotopic (exact) mass is 204 g/mol. The molecule has 0 N–H and O–H groups in total. The summed E-state index contributed by atoms with van der Waals surface area (Å²) < 4.78 is 0. The van der Waals surface area contributed by atoms with Crippen molar-refractivity contribution < 1.29 is 0 Å². The molecule has 0 aliphatic rings. The van der Waals surface area contributed by atoms with E-state index in [4.69, 9.17) is 0 Å². The molecule has 1 aromatic rings. The van der Waals surface area contributed by atoms with Gasteiger partial charge >= 0.3 is 0 Å². The Morgan fingerprint density at radius 1 is 1.78 bits per heavy atom. The summed E-state index contributed by atoms with van der Waals surface area (Å²) in [7, 11) is 0. The first kappa shape index (κ1) is 7.29. The summed E-state index contributed by atoms with van der Waals surface area (Å²) >= 11 is 5.20. The van der Waals surface area contributed by atoms with Crippen molar-refractivity contribution in [2.75, 3.05) is 5.33 Å². The minimum atomic E-state index is 0.663. The van der Waals surface area contributed by atoms with E-state index in [-0.39, 0.29) is 0 Å². The molecule has 1 unspecified atom stereocenters. The highest BCUT2D eigenvalue weighted by Gasteiger charge is 2.01. The van der Waals surface area contributed by atoms with E-state index >= 15 is 0 Å². The standard InChI is InChI=1S/C7H9BrS/c1-6(4-8)7-2-3-9-5-7/h2-3,5-6H,4H2,1H3. The number of hydrogen-bond donors (Lipinski definition) is 0. The van der Waals surface area contributed by atoms with E-state index in [9.17, 15) is 0 Å². The molecule has 0 aliphatic carbocycles. The van der Waals surface area contributed by atoms with Gasteiger partial charge in [-0.3, -0.25) is 0 Å². The fourth-order valence-corrected chi connectivity index (χ4v) is 1.80. The average Bonchev–Trinajstić information content (AvgIpc) is 2.37. The molecule has 0 nitrogen and oxygen atoms in total. The van der Waals surface area contributed by atoms with Crippen LogP contribution in [0.3, 0.4) is 0 Å². The maximum atomic E-state index is 3.44. The number of alkyl halides is 1. The lowest BCUT2D eigenvalue weighted by Gasteiger charge is -2.01. The first-order valence-corrected chi connectivity index (χ1v) is 4.99. The van der Waals surface area contributed by atoms with Gasteiger partial charge < -0.3 is 0 Å². The number of thiophene rings is 1. The molecule has 1 heterocycles. The molecule has 1 rings (SSSR count). The summed E-state index contributed by atoms with van der Waals surface area (Å²) in [6, 6.07) is 2.18. The average molecular weight is 205 g/mol. The molecule has 2 heteroatoms. The van der Waals surface area contributed by atoms with Crippen molar-refractivity contribution in [2.45, 2.75) is 12.8 Å². The van der Waals surface area contributed by atoms with Gasteiger partial charge in [-0.25, -0.2) is 0 Å². The molecule has 0 aliphatic heterocycles. The van der Waals surface area contributed by atoms with E-state index in [2.05, 4.69) is 39.7 Å². The molecule has 0 bridgehead atoms. The van der Waals surface area contributed by atoms with Crippen molar-refractivity contribution in [3.05, 3.63) is 22.4 Å². The lowest BCUT2D eigenvalue weighted by molar-refractivity contribution is 0.894. The van der Waals surface area contributed by atoms with Crippen molar-refractivity contribution in [1.29, 1.82) is 0 Å². The number of rotatable bonds is 2. The molecule has 1 atom stereocenters. The highest BCUT2D eigenvalue weighted by molar-refractivity contribution is 9.09. The van der Waals surface area contributed by atoms with E-state index in [1.54, 1.807) is 11.3 Å². The summed E-state index contributed by atoms with van der Waals surface area (Å²) in [5, 5.41) is 5.38. The predicted octanol–water partition coefficient (Wildman–Crippen LogP) is 3.25. The maximum absolute atomic E-state index is 3.44. The predicted molar refractivity (Wildman–Crippen MR) is 46.5 cm³/mol. The van der Waals surface area contributed by atoms with Crippen LogP contribution in [0.2, 0.25) is 0 Å². The molecule has 0 saturated carbocycles. The molecule has 50 valence electrons. The second-order valence-corrected chi connectivity index (χ2v) is 3.54. The largest absolute Gasteiger partial charge is 0.152 e. The van der Waals surface area contributed by atoms with Gasteiger partial charge in [0.25, 0.3) is 0 Å². The second-order valence-electron chi connectivity index (χ2n) is 2.11. The van der Waals surface area contributed by atoms with Crippen molar-refractivity contribution in [2.24, 2.45) is 0 Å². The maximum Gasteiger partial charge on any atom is 0.00978 e. The van der Waals surface area contributed by atoms with Crippen molar-refractivity contribution in [1.82, 2.24) is 0 Å². The Kier molecular flexibility index (Phi) is 2.73. The van der Waals surface area contributed by atoms with Crippen molar-refractivity contribution >= 4 is 27.3 Å². The van der Waals surface area contributed by atoms with Crippen molar-refractivity contribution in [3.63, 3.8) is 0 Å². The third-order valence-corrected chi connectivity index (χ3v) is 3.02. The third-order valence-electron chi connectivity index (χ3n) is 1.34. The highest BCUT2D eigenvalue weighted by Crippen LogP contribution is 2.19. The van der Waals surface area contributed by atoms with Crippen LogP contribution in [0.5, 0.6) is 0 Å². The molecule has 0 aromatic carbocycles. The molecule has 0 amide bonds. The Labute approximate surface area is 68.0 Å². The highest BCUT2D eigenvalue weighted by atomic mass is 79.9. The first-order chi connectivity index (χ1) is 4.34. The van der Waals surface area contributed by atoms with E-state index in [0.29, 0.717) is 5.92 Å². The molecule has 9 heavy (non-hydrogen) atoms. The lowest BCUT2D eigenvalue weighted by Crippen LogP contribution is -1.89. The molecule has 0 spiro atoms. The smallest absolute Gasteiger partial charge is 0.00978 e. The van der Waals surface area contributed by atoms with Gasteiger partial charge in [-0.2, -0.15) is 11.3 Å². The van der Waals surface area contributed by atoms with E-state index in [1.165, 1.54) is 5.56 Å². The summed E-state index contributed by atoms with van der Waals surface area (Å²) in [6.45, 7) is 2.22. The Balaban J connectivity index is 2.65. The zero-order chi connectivity index (χ0) is 6.69. The molecule has 0 radical (unpaired) electrons. The van der Waals surface area contributed by atoms with Gasteiger partial charge in [0.2, 0.25) is 0 Å². The Morgan fingerprint density at radius 2 is 2.56 bits per heavy atom. The molecule has 0 fully saturated rings. The SMILES string of the molecule is CC(CBr)c1ccsc1. The summed E-state index contributed by atoms with van der Waals surface area (Å²) in [6.07, 6.45) is 0. The molecular formula is C7H9BrS. The Morgan fingerprint density at radius 3 is 3.00 bits per heavy atom. The van der Waals surface area contributed by atoms with Crippen LogP contribution >= 0.6 is 27.3 Å². The summed E-state index contributed by atoms with van der Waals surface area (Å²) in [5.74, 6) is 0.663. The quantitative estimate of drug-likeness (QED) is 0.650.